The van der Waals surface area contributed by atoms with Gasteiger partial charge in [-0.1, -0.05) is 96.8 Å². The average Bonchev–Trinajstić information content (AvgIpc) is 2.43. The van der Waals surface area contributed by atoms with Gasteiger partial charge in [0.25, 0.3) is 0 Å². The average molecular weight is 390 g/mol. The molecule has 1 N–H and O–H groups in total. The normalized spacial score (nSPS) is 9.86. The summed E-state index contributed by atoms with van der Waals surface area (Å²) in [5, 5.41) is 8.52. The largest absolute Gasteiger partial charge is 0 e. The molecule has 0 atom stereocenters. The Bertz CT molecular complexity index is 213. The standard InChI is InChI=1S/C18H36O2.Ca.Cu.2H/c1-2-3-4-5-6-7-8-9-10-11-12-13-14-15-16-17-18(19)20;;;;/h2-17H2,1H3,(H,19,20);;;;. The molecule has 22 heavy (non-hydrogen) atoms. The van der Waals surface area contributed by atoms with E-state index in [9.17, 15) is 4.79 Å². The molecule has 2 nitrogen and oxygen atoms in total. The predicted molar refractivity (Wildman–Crippen MR) is 95.7 cm³/mol. The van der Waals surface area contributed by atoms with E-state index in [1.807, 2.05) is 0 Å². The van der Waals surface area contributed by atoms with Gasteiger partial charge in [-0.3, -0.25) is 4.79 Å². The van der Waals surface area contributed by atoms with Crippen molar-refractivity contribution in [1.29, 1.82) is 0 Å². The third-order valence-electron chi connectivity index (χ3n) is 3.99. The first-order chi connectivity index (χ1) is 9.77. The molecule has 1 radical (unpaired) electrons. The molecule has 0 amide bonds. The first-order valence-corrected chi connectivity index (χ1v) is 8.99. The number of rotatable bonds is 16. The Morgan fingerprint density at radius 1 is 0.636 bits per heavy atom. The van der Waals surface area contributed by atoms with Gasteiger partial charge < -0.3 is 5.11 Å². The van der Waals surface area contributed by atoms with Gasteiger partial charge in [-0.2, -0.15) is 0 Å². The van der Waals surface area contributed by atoms with Gasteiger partial charge >= 0.3 is 43.7 Å². The Morgan fingerprint density at radius 3 is 1.18 bits per heavy atom. The van der Waals surface area contributed by atoms with Gasteiger partial charge in [0.1, 0.15) is 0 Å². The zero-order valence-electron chi connectivity index (χ0n) is 14.0. The molecule has 0 heterocycles. The summed E-state index contributed by atoms with van der Waals surface area (Å²) in [5.41, 5.74) is 0. The van der Waals surface area contributed by atoms with E-state index in [-0.39, 0.29) is 54.8 Å². The fourth-order valence-corrected chi connectivity index (χ4v) is 2.65. The van der Waals surface area contributed by atoms with Gasteiger partial charge in [-0.25, -0.2) is 0 Å². The van der Waals surface area contributed by atoms with E-state index in [1.165, 1.54) is 83.5 Å². The summed E-state index contributed by atoms with van der Waals surface area (Å²) in [5.74, 6) is -0.653. The number of carboxylic acids is 1. The van der Waals surface area contributed by atoms with Crippen molar-refractivity contribution in [1.82, 2.24) is 0 Å². The van der Waals surface area contributed by atoms with Gasteiger partial charge in [-0.15, -0.1) is 0 Å². The monoisotopic (exact) mass is 389 g/mol. The van der Waals surface area contributed by atoms with Crippen molar-refractivity contribution in [2.45, 2.75) is 110 Å². The number of unbranched alkanes of at least 4 members (excludes halogenated alkanes) is 14. The summed E-state index contributed by atoms with van der Waals surface area (Å²) in [6, 6.07) is 0. The maximum Gasteiger partial charge on any atom is 0 e. The van der Waals surface area contributed by atoms with E-state index in [1.54, 1.807) is 0 Å². The molecule has 0 aromatic rings. The van der Waals surface area contributed by atoms with E-state index in [0.717, 1.165) is 12.8 Å². The zero-order valence-corrected chi connectivity index (χ0v) is 14.9. The van der Waals surface area contributed by atoms with Crippen LogP contribution in [0.25, 0.3) is 0 Å². The van der Waals surface area contributed by atoms with Crippen molar-refractivity contribution in [2.24, 2.45) is 0 Å². The molecule has 4 heteroatoms. The Balaban J connectivity index is -0.00000180. The maximum absolute atomic E-state index is 10.3. The molecule has 0 aliphatic heterocycles. The molecule has 0 aliphatic carbocycles. The van der Waals surface area contributed by atoms with Crippen LogP contribution in [0.15, 0.2) is 0 Å². The predicted octanol–water partition coefficient (Wildman–Crippen LogP) is 5.41. The molecule has 0 saturated heterocycles. The fraction of sp³-hybridized carbons (Fsp3) is 0.944. The molecule has 0 spiro atoms. The number of hydrogen-bond acceptors (Lipinski definition) is 1. The van der Waals surface area contributed by atoms with Crippen molar-refractivity contribution in [2.75, 3.05) is 0 Å². The third kappa shape index (κ3) is 26.2. The zero-order chi connectivity index (χ0) is 14.9. The fourth-order valence-electron chi connectivity index (χ4n) is 2.65. The van der Waals surface area contributed by atoms with Crippen LogP contribution in [0, 0.1) is 0 Å². The Hall–Kier alpha value is 1.25. The molecule has 0 aliphatic rings. The van der Waals surface area contributed by atoms with E-state index in [2.05, 4.69) is 6.92 Å². The second-order valence-electron chi connectivity index (χ2n) is 6.09. The Morgan fingerprint density at radius 2 is 0.909 bits per heavy atom. The summed E-state index contributed by atoms with van der Waals surface area (Å²) in [7, 11) is 0. The summed E-state index contributed by atoms with van der Waals surface area (Å²) in [6.45, 7) is 2.27. The molecule has 0 unspecified atom stereocenters. The smallest absolute Gasteiger partial charge is 0 e. The topological polar surface area (TPSA) is 37.3 Å². The third-order valence-corrected chi connectivity index (χ3v) is 3.99. The van der Waals surface area contributed by atoms with Crippen molar-refractivity contribution in [3.8, 4) is 0 Å². The second kappa shape index (κ2) is 24.5. The van der Waals surface area contributed by atoms with Gasteiger partial charge in [0.05, 0.1) is 0 Å². The number of hydrogen-bond donors (Lipinski definition) is 1. The van der Waals surface area contributed by atoms with E-state index in [0.29, 0.717) is 6.42 Å². The Kier molecular flexibility index (Phi) is 31.3. The minimum atomic E-state index is -0.653. The van der Waals surface area contributed by atoms with Crippen LogP contribution in [0.4, 0.5) is 0 Å². The van der Waals surface area contributed by atoms with E-state index >= 15 is 0 Å². The molecule has 0 aromatic carbocycles. The molecular formula is C18H38CaCuO2. The van der Waals surface area contributed by atoms with E-state index in [4.69, 9.17) is 5.11 Å². The second-order valence-corrected chi connectivity index (χ2v) is 6.09. The minimum Gasteiger partial charge on any atom is 0 e. The molecule has 0 saturated carbocycles. The van der Waals surface area contributed by atoms with Crippen molar-refractivity contribution < 1.29 is 27.0 Å². The van der Waals surface area contributed by atoms with Gasteiger partial charge in [0, 0.05) is 23.5 Å². The summed E-state index contributed by atoms with van der Waals surface area (Å²) in [4.78, 5) is 10.3. The molecule has 135 valence electrons. The maximum atomic E-state index is 10.3. The first-order valence-electron chi connectivity index (χ1n) is 8.99. The Labute approximate surface area is 179 Å². The van der Waals surface area contributed by atoms with Crippen molar-refractivity contribution in [3.05, 3.63) is 0 Å². The molecule has 0 rings (SSSR count). The van der Waals surface area contributed by atoms with Crippen LogP contribution in [0.1, 0.15) is 110 Å². The van der Waals surface area contributed by atoms with Gasteiger partial charge in [-0.05, 0) is 6.42 Å². The number of aliphatic carboxylic acids is 1. The van der Waals surface area contributed by atoms with Crippen LogP contribution in [0.2, 0.25) is 0 Å². The van der Waals surface area contributed by atoms with Crippen molar-refractivity contribution in [3.63, 3.8) is 0 Å². The van der Waals surface area contributed by atoms with Crippen LogP contribution >= 0.6 is 0 Å². The summed E-state index contributed by atoms with van der Waals surface area (Å²) in [6.07, 6.45) is 20.2. The molecule has 0 fully saturated rings. The molecule has 0 aromatic heterocycles. The first kappa shape index (κ1) is 28.1. The number of carbonyl (C=O) groups is 1. The van der Waals surface area contributed by atoms with Crippen LogP contribution in [0.5, 0.6) is 0 Å². The number of carboxylic acid groups (broad SMARTS) is 1. The van der Waals surface area contributed by atoms with Crippen LogP contribution in [0.3, 0.4) is 0 Å². The summed E-state index contributed by atoms with van der Waals surface area (Å²) < 4.78 is 0. The SMILES string of the molecule is CCCCCCCCCCCCCCCCCC(=O)O.[CaH2].[Cu]. The molecule has 0 bridgehead atoms. The van der Waals surface area contributed by atoms with Crippen LogP contribution in [-0.2, 0) is 21.9 Å². The van der Waals surface area contributed by atoms with Gasteiger partial charge in [0.2, 0.25) is 0 Å². The van der Waals surface area contributed by atoms with Crippen LogP contribution in [-0.4, -0.2) is 48.8 Å². The van der Waals surface area contributed by atoms with Gasteiger partial charge in [0.15, 0.2) is 0 Å². The van der Waals surface area contributed by atoms with Crippen molar-refractivity contribution >= 4 is 43.7 Å². The quantitative estimate of drug-likeness (QED) is 0.283. The summed E-state index contributed by atoms with van der Waals surface area (Å²) >= 11 is 0. The van der Waals surface area contributed by atoms with Crippen LogP contribution < -0.4 is 0 Å². The van der Waals surface area contributed by atoms with E-state index < -0.39 is 5.97 Å². The molecular weight excluding hydrogens is 352 g/mol. The minimum absolute atomic E-state index is 0.